The third-order valence-electron chi connectivity index (χ3n) is 5.47. The zero-order valence-corrected chi connectivity index (χ0v) is 16.7. The van der Waals surface area contributed by atoms with E-state index in [1.807, 2.05) is 49.4 Å². The Labute approximate surface area is 170 Å². The third-order valence-corrected chi connectivity index (χ3v) is 5.47. The molecule has 5 heteroatoms. The number of carbonyl (C=O) groups is 1. The number of carbonyl (C=O) groups excluding carboxylic acids is 1. The molecular weight excluding hydrogens is 364 g/mol. The molecular formula is C24H26N2O3. The molecule has 0 aliphatic carbocycles. The summed E-state index contributed by atoms with van der Waals surface area (Å²) in [5.74, 6) is -0.0258. The van der Waals surface area contributed by atoms with Crippen LogP contribution in [0, 0.1) is 6.92 Å². The molecule has 1 saturated heterocycles. The Bertz CT molecular complexity index is 1050. The van der Waals surface area contributed by atoms with Gasteiger partial charge in [0.05, 0.1) is 6.54 Å². The lowest BCUT2D eigenvalue weighted by atomic mass is 10.1. The van der Waals surface area contributed by atoms with Gasteiger partial charge < -0.3 is 14.6 Å². The zero-order valence-electron chi connectivity index (χ0n) is 16.7. The van der Waals surface area contributed by atoms with Crippen molar-refractivity contribution in [2.45, 2.75) is 38.8 Å². The maximum Gasteiger partial charge on any atom is 0.253 e. The van der Waals surface area contributed by atoms with Crippen LogP contribution in [-0.2, 0) is 22.5 Å². The van der Waals surface area contributed by atoms with E-state index >= 15 is 0 Å². The number of aryl methyl sites for hydroxylation is 1. The summed E-state index contributed by atoms with van der Waals surface area (Å²) in [7, 11) is 0. The first-order valence-corrected chi connectivity index (χ1v) is 10.2. The second-order valence-corrected chi connectivity index (χ2v) is 7.71. The van der Waals surface area contributed by atoms with Gasteiger partial charge in [-0.3, -0.25) is 9.59 Å². The fraction of sp³-hybridized carbons (Fsp3) is 0.333. The van der Waals surface area contributed by atoms with Gasteiger partial charge in [-0.15, -0.1) is 0 Å². The molecule has 1 aliphatic rings. The van der Waals surface area contributed by atoms with Crippen molar-refractivity contribution in [3.05, 3.63) is 81.6 Å². The van der Waals surface area contributed by atoms with Gasteiger partial charge in [0, 0.05) is 24.2 Å². The molecule has 0 spiro atoms. The maximum absolute atomic E-state index is 13.1. The van der Waals surface area contributed by atoms with Crippen molar-refractivity contribution in [2.24, 2.45) is 0 Å². The molecule has 5 nitrogen and oxygen atoms in total. The molecule has 2 heterocycles. The second kappa shape index (κ2) is 8.62. The van der Waals surface area contributed by atoms with Gasteiger partial charge in [0.25, 0.3) is 11.5 Å². The number of nitrogens with one attached hydrogen (secondary N) is 1. The summed E-state index contributed by atoms with van der Waals surface area (Å²) < 4.78 is 5.62. The van der Waals surface area contributed by atoms with Crippen LogP contribution in [0.5, 0.6) is 0 Å². The molecule has 1 atom stereocenters. The predicted octanol–water partition coefficient (Wildman–Crippen LogP) is 3.59. The highest BCUT2D eigenvalue weighted by Gasteiger charge is 2.28. The van der Waals surface area contributed by atoms with Crippen LogP contribution in [0.15, 0.2) is 59.4 Å². The lowest BCUT2D eigenvalue weighted by Gasteiger charge is -2.25. The number of H-pyrrole nitrogens is 1. The molecule has 1 amide bonds. The number of nitrogens with zero attached hydrogens (tertiary/aromatic N) is 1. The summed E-state index contributed by atoms with van der Waals surface area (Å²) in [4.78, 5) is 30.5. The standard InChI is InChI=1S/C24H26N2O3/c1-17-9-10-21-19(14-17)15-20(23(27)25-21)16-26(24(28)22-8-5-13-29-22)12-11-18-6-3-2-4-7-18/h2-4,6-7,9-10,14-15,22H,5,8,11-13,16H2,1H3,(H,25,27)/t22-/m0/s1. The maximum atomic E-state index is 13.1. The third kappa shape index (κ3) is 4.57. The van der Waals surface area contributed by atoms with Gasteiger partial charge in [0.15, 0.2) is 0 Å². The number of hydrogen-bond acceptors (Lipinski definition) is 3. The normalized spacial score (nSPS) is 16.2. The Morgan fingerprint density at radius 2 is 2.00 bits per heavy atom. The highest BCUT2D eigenvalue weighted by Crippen LogP contribution is 2.18. The summed E-state index contributed by atoms with van der Waals surface area (Å²) in [5, 5.41) is 0.979. The van der Waals surface area contributed by atoms with Crippen LogP contribution in [0.4, 0.5) is 0 Å². The summed E-state index contributed by atoms with van der Waals surface area (Å²) in [5.41, 5.74) is 3.56. The Hall–Kier alpha value is -2.92. The SMILES string of the molecule is Cc1ccc2[nH]c(=O)c(CN(CCc3ccccc3)C(=O)[C@@H]3CCCO3)cc2c1. The lowest BCUT2D eigenvalue weighted by molar-refractivity contribution is -0.141. The molecule has 1 aliphatic heterocycles. The average molecular weight is 390 g/mol. The minimum Gasteiger partial charge on any atom is -0.368 e. The molecule has 0 saturated carbocycles. The number of hydrogen-bond donors (Lipinski definition) is 1. The van der Waals surface area contributed by atoms with E-state index in [0.717, 1.165) is 35.7 Å². The Balaban J connectivity index is 1.60. The van der Waals surface area contributed by atoms with E-state index in [0.29, 0.717) is 18.7 Å². The van der Waals surface area contributed by atoms with E-state index in [4.69, 9.17) is 4.74 Å². The van der Waals surface area contributed by atoms with E-state index in [1.54, 1.807) is 4.90 Å². The monoisotopic (exact) mass is 390 g/mol. The van der Waals surface area contributed by atoms with E-state index in [9.17, 15) is 9.59 Å². The number of pyridine rings is 1. The fourth-order valence-electron chi connectivity index (χ4n) is 3.85. The minimum absolute atomic E-state index is 0.0258. The van der Waals surface area contributed by atoms with Crippen molar-refractivity contribution >= 4 is 16.8 Å². The largest absolute Gasteiger partial charge is 0.368 e. The highest BCUT2D eigenvalue weighted by molar-refractivity contribution is 5.82. The van der Waals surface area contributed by atoms with Gasteiger partial charge in [-0.25, -0.2) is 0 Å². The van der Waals surface area contributed by atoms with Crippen LogP contribution in [-0.4, -0.2) is 35.0 Å². The first-order chi connectivity index (χ1) is 14.1. The van der Waals surface area contributed by atoms with Crippen molar-refractivity contribution in [3.63, 3.8) is 0 Å². The molecule has 150 valence electrons. The molecule has 2 aromatic carbocycles. The molecule has 4 rings (SSSR count). The van der Waals surface area contributed by atoms with Crippen LogP contribution >= 0.6 is 0 Å². The molecule has 0 unspecified atom stereocenters. The molecule has 0 radical (unpaired) electrons. The van der Waals surface area contributed by atoms with E-state index in [1.165, 1.54) is 5.56 Å². The summed E-state index contributed by atoms with van der Waals surface area (Å²) in [6, 6.07) is 17.9. The van der Waals surface area contributed by atoms with E-state index in [-0.39, 0.29) is 18.0 Å². The summed E-state index contributed by atoms with van der Waals surface area (Å²) >= 11 is 0. The van der Waals surface area contributed by atoms with Crippen LogP contribution in [0.2, 0.25) is 0 Å². The molecule has 3 aromatic rings. The predicted molar refractivity (Wildman–Crippen MR) is 114 cm³/mol. The van der Waals surface area contributed by atoms with Gasteiger partial charge in [-0.05, 0) is 55.3 Å². The molecule has 1 N–H and O–H groups in total. The average Bonchev–Trinajstić information content (AvgIpc) is 3.27. The van der Waals surface area contributed by atoms with E-state index < -0.39 is 6.10 Å². The molecule has 0 bridgehead atoms. The van der Waals surface area contributed by atoms with Crippen LogP contribution in [0.3, 0.4) is 0 Å². The van der Waals surface area contributed by atoms with Crippen LogP contribution < -0.4 is 5.56 Å². The molecule has 29 heavy (non-hydrogen) atoms. The first-order valence-electron chi connectivity index (χ1n) is 10.2. The fourth-order valence-corrected chi connectivity index (χ4v) is 3.85. The number of fused-ring (bicyclic) bond motifs is 1. The van der Waals surface area contributed by atoms with Crippen molar-refractivity contribution < 1.29 is 9.53 Å². The quantitative estimate of drug-likeness (QED) is 0.700. The summed E-state index contributed by atoms with van der Waals surface area (Å²) in [6.07, 6.45) is 1.99. The molecule has 1 fully saturated rings. The number of aromatic nitrogens is 1. The number of ether oxygens (including phenoxy) is 1. The zero-order chi connectivity index (χ0) is 20.2. The number of rotatable bonds is 6. The van der Waals surface area contributed by atoms with Gasteiger partial charge in [0.2, 0.25) is 0 Å². The Morgan fingerprint density at radius 3 is 2.76 bits per heavy atom. The van der Waals surface area contributed by atoms with E-state index in [2.05, 4.69) is 17.1 Å². The highest BCUT2D eigenvalue weighted by atomic mass is 16.5. The topological polar surface area (TPSA) is 62.4 Å². The number of amides is 1. The van der Waals surface area contributed by atoms with Crippen molar-refractivity contribution in [2.75, 3.05) is 13.2 Å². The summed E-state index contributed by atoms with van der Waals surface area (Å²) in [6.45, 7) is 3.48. The van der Waals surface area contributed by atoms with Crippen molar-refractivity contribution in [1.29, 1.82) is 0 Å². The van der Waals surface area contributed by atoms with Crippen LogP contribution in [0.25, 0.3) is 10.9 Å². The van der Waals surface area contributed by atoms with Crippen molar-refractivity contribution in [1.82, 2.24) is 9.88 Å². The van der Waals surface area contributed by atoms with Gasteiger partial charge in [-0.1, -0.05) is 42.0 Å². The van der Waals surface area contributed by atoms with Gasteiger partial charge in [0.1, 0.15) is 6.10 Å². The lowest BCUT2D eigenvalue weighted by Crippen LogP contribution is -2.40. The number of aromatic amines is 1. The smallest absolute Gasteiger partial charge is 0.253 e. The molecule has 1 aromatic heterocycles. The number of benzene rings is 2. The van der Waals surface area contributed by atoms with Gasteiger partial charge >= 0.3 is 0 Å². The Kier molecular flexibility index (Phi) is 5.76. The van der Waals surface area contributed by atoms with Crippen LogP contribution in [0.1, 0.15) is 29.5 Å². The first kappa shape index (κ1) is 19.4. The van der Waals surface area contributed by atoms with Crippen molar-refractivity contribution in [3.8, 4) is 0 Å². The second-order valence-electron chi connectivity index (χ2n) is 7.71. The minimum atomic E-state index is -0.396. The Morgan fingerprint density at radius 1 is 1.17 bits per heavy atom. The van der Waals surface area contributed by atoms with Gasteiger partial charge in [-0.2, -0.15) is 0 Å².